The van der Waals surface area contributed by atoms with Crippen LogP contribution in [0, 0.1) is 0 Å². The number of thiophene rings is 1. The van der Waals surface area contributed by atoms with Crippen LogP contribution in [0.15, 0.2) is 29.4 Å². The van der Waals surface area contributed by atoms with Crippen LogP contribution >= 0.6 is 23.1 Å². The van der Waals surface area contributed by atoms with Gasteiger partial charge in [0.2, 0.25) is 5.91 Å². The molecule has 0 bridgehead atoms. The molecule has 2 N–H and O–H groups in total. The van der Waals surface area contributed by atoms with Gasteiger partial charge in [-0.25, -0.2) is 4.79 Å². The van der Waals surface area contributed by atoms with Crippen molar-refractivity contribution in [1.82, 2.24) is 20.1 Å². The second-order valence-corrected chi connectivity index (χ2v) is 12.8. The molecule has 0 saturated carbocycles. The van der Waals surface area contributed by atoms with Crippen molar-refractivity contribution in [3.05, 3.63) is 57.2 Å². The van der Waals surface area contributed by atoms with Crippen LogP contribution in [0.2, 0.25) is 0 Å². The topological polar surface area (TPSA) is 115 Å². The zero-order valence-electron chi connectivity index (χ0n) is 23.8. The standard InChI is InChI=1S/C29H37N5O4S2/c1-6-38-27(37)24-20-10-8-7-9-11-21(20)40-26(24)31-23(35)17-39-28-33-32-22(34(28)5)16-30-25(36)18-12-14-19(15-13-18)29(2,3)4/h12-15H,6-11,16-17H2,1-5H3,(H,30,36)(H,31,35). The van der Waals surface area contributed by atoms with E-state index in [9.17, 15) is 14.4 Å². The Labute approximate surface area is 243 Å². The van der Waals surface area contributed by atoms with Crippen molar-refractivity contribution in [1.29, 1.82) is 0 Å². The third kappa shape index (κ3) is 7.11. The molecule has 40 heavy (non-hydrogen) atoms. The van der Waals surface area contributed by atoms with Gasteiger partial charge >= 0.3 is 5.97 Å². The highest BCUT2D eigenvalue weighted by molar-refractivity contribution is 7.99. The lowest BCUT2D eigenvalue weighted by molar-refractivity contribution is -0.113. The maximum atomic E-state index is 12.9. The number of aryl methyl sites for hydroxylation is 1. The number of aromatic nitrogens is 3. The van der Waals surface area contributed by atoms with Gasteiger partial charge in [0.15, 0.2) is 11.0 Å². The molecule has 0 spiro atoms. The van der Waals surface area contributed by atoms with Gasteiger partial charge in [0, 0.05) is 17.5 Å². The van der Waals surface area contributed by atoms with E-state index in [1.807, 2.05) is 24.3 Å². The molecule has 1 aliphatic carbocycles. The number of amides is 2. The summed E-state index contributed by atoms with van der Waals surface area (Å²) < 4.78 is 7.07. The van der Waals surface area contributed by atoms with E-state index in [0.717, 1.165) is 48.1 Å². The quantitative estimate of drug-likeness (QED) is 0.200. The van der Waals surface area contributed by atoms with Gasteiger partial charge in [0.25, 0.3) is 5.91 Å². The van der Waals surface area contributed by atoms with Crippen LogP contribution in [0.5, 0.6) is 0 Å². The van der Waals surface area contributed by atoms with Crippen molar-refractivity contribution < 1.29 is 19.1 Å². The Bertz CT molecular complexity index is 1370. The van der Waals surface area contributed by atoms with Crippen LogP contribution in [0.1, 0.15) is 89.5 Å². The number of carbonyl (C=O) groups is 3. The molecule has 2 heterocycles. The fourth-order valence-corrected chi connectivity index (χ4v) is 6.57. The van der Waals surface area contributed by atoms with Crippen molar-refractivity contribution in [3.63, 3.8) is 0 Å². The molecule has 0 unspecified atom stereocenters. The van der Waals surface area contributed by atoms with E-state index in [1.165, 1.54) is 23.1 Å². The van der Waals surface area contributed by atoms with Gasteiger partial charge in [-0.2, -0.15) is 0 Å². The molecular formula is C29H37N5O4S2. The Morgan fingerprint density at radius 3 is 2.50 bits per heavy atom. The highest BCUT2D eigenvalue weighted by Gasteiger charge is 2.27. The summed E-state index contributed by atoms with van der Waals surface area (Å²) in [6, 6.07) is 7.59. The Kier molecular flexibility index (Phi) is 9.68. The molecule has 1 aromatic carbocycles. The van der Waals surface area contributed by atoms with E-state index in [2.05, 4.69) is 41.6 Å². The number of thioether (sulfide) groups is 1. The van der Waals surface area contributed by atoms with E-state index >= 15 is 0 Å². The van der Waals surface area contributed by atoms with Crippen LogP contribution in [0.25, 0.3) is 0 Å². The number of hydrogen-bond acceptors (Lipinski definition) is 8. The van der Waals surface area contributed by atoms with Crippen LogP contribution < -0.4 is 10.6 Å². The number of ether oxygens (including phenoxy) is 1. The summed E-state index contributed by atoms with van der Waals surface area (Å²) in [5, 5.41) is 15.3. The van der Waals surface area contributed by atoms with Crippen molar-refractivity contribution in [2.75, 3.05) is 17.7 Å². The Hall–Kier alpha value is -3.18. The largest absolute Gasteiger partial charge is 0.462 e. The summed E-state index contributed by atoms with van der Waals surface area (Å²) >= 11 is 2.73. The van der Waals surface area contributed by atoms with E-state index in [1.54, 1.807) is 18.5 Å². The molecule has 1 aliphatic rings. The van der Waals surface area contributed by atoms with Crippen LogP contribution in [0.4, 0.5) is 5.00 Å². The van der Waals surface area contributed by atoms with Gasteiger partial charge in [0.1, 0.15) is 5.00 Å². The highest BCUT2D eigenvalue weighted by atomic mass is 32.2. The molecule has 0 aliphatic heterocycles. The van der Waals surface area contributed by atoms with Gasteiger partial charge < -0.3 is 19.9 Å². The number of nitrogens with one attached hydrogen (secondary N) is 2. The maximum Gasteiger partial charge on any atom is 0.341 e. The lowest BCUT2D eigenvalue weighted by atomic mass is 9.87. The number of fused-ring (bicyclic) bond motifs is 1. The Balaban J connectivity index is 1.34. The van der Waals surface area contributed by atoms with Crippen molar-refractivity contribution in [2.24, 2.45) is 7.05 Å². The molecule has 214 valence electrons. The molecular weight excluding hydrogens is 546 g/mol. The number of rotatable bonds is 9. The average Bonchev–Trinajstić information content (AvgIpc) is 3.35. The number of esters is 1. The van der Waals surface area contributed by atoms with Crippen molar-refractivity contribution in [2.45, 2.75) is 76.9 Å². The summed E-state index contributed by atoms with van der Waals surface area (Å²) in [6.45, 7) is 8.66. The SMILES string of the molecule is CCOC(=O)c1c(NC(=O)CSc2nnc(CNC(=O)c3ccc(C(C)(C)C)cc3)n2C)sc2c1CCCCC2. The number of carbonyl (C=O) groups excluding carboxylic acids is 3. The fraction of sp³-hybridized carbons (Fsp3) is 0.483. The van der Waals surface area contributed by atoms with Crippen LogP contribution in [-0.4, -0.2) is 44.9 Å². The molecule has 11 heteroatoms. The van der Waals surface area contributed by atoms with Gasteiger partial charge in [0.05, 0.1) is 24.5 Å². The van der Waals surface area contributed by atoms with Crippen LogP contribution in [0.3, 0.4) is 0 Å². The van der Waals surface area contributed by atoms with Gasteiger partial charge in [-0.1, -0.05) is 51.1 Å². The third-order valence-electron chi connectivity index (χ3n) is 6.83. The molecule has 3 aromatic rings. The lowest BCUT2D eigenvalue weighted by Gasteiger charge is -2.19. The Morgan fingerprint density at radius 1 is 1.07 bits per heavy atom. The third-order valence-corrected chi connectivity index (χ3v) is 9.06. The van der Waals surface area contributed by atoms with E-state index in [0.29, 0.717) is 27.1 Å². The summed E-state index contributed by atoms with van der Waals surface area (Å²) in [6.07, 6.45) is 4.98. The first-order valence-electron chi connectivity index (χ1n) is 13.6. The first-order valence-corrected chi connectivity index (χ1v) is 15.4. The maximum absolute atomic E-state index is 12.9. The van der Waals surface area contributed by atoms with E-state index in [4.69, 9.17) is 4.74 Å². The molecule has 0 atom stereocenters. The fourth-order valence-electron chi connectivity index (χ4n) is 4.55. The minimum absolute atomic E-state index is 0.0183. The second-order valence-electron chi connectivity index (χ2n) is 10.8. The smallest absolute Gasteiger partial charge is 0.341 e. The van der Waals surface area contributed by atoms with E-state index < -0.39 is 0 Å². The Morgan fingerprint density at radius 2 is 1.80 bits per heavy atom. The van der Waals surface area contributed by atoms with Crippen molar-refractivity contribution >= 4 is 45.9 Å². The monoisotopic (exact) mass is 583 g/mol. The summed E-state index contributed by atoms with van der Waals surface area (Å²) in [7, 11) is 1.80. The highest BCUT2D eigenvalue weighted by Crippen LogP contribution is 2.38. The van der Waals surface area contributed by atoms with Gasteiger partial charge in [-0.3, -0.25) is 9.59 Å². The predicted octanol–water partition coefficient (Wildman–Crippen LogP) is 5.28. The summed E-state index contributed by atoms with van der Waals surface area (Å²) in [5.41, 5.74) is 3.29. The number of hydrogen-bond donors (Lipinski definition) is 2. The minimum atomic E-state index is -0.380. The number of benzene rings is 1. The van der Waals surface area contributed by atoms with Crippen LogP contribution in [-0.2, 0) is 41.4 Å². The first-order chi connectivity index (χ1) is 19.1. The first kappa shape index (κ1) is 29.8. The van der Waals surface area contributed by atoms with E-state index in [-0.39, 0.29) is 42.1 Å². The summed E-state index contributed by atoms with van der Waals surface area (Å²) in [4.78, 5) is 39.4. The molecule has 0 fully saturated rings. The molecule has 0 radical (unpaired) electrons. The molecule has 2 amide bonds. The number of anilines is 1. The normalized spacial score (nSPS) is 13.3. The molecule has 0 saturated heterocycles. The van der Waals surface area contributed by atoms with Gasteiger partial charge in [-0.05, 0) is 61.3 Å². The number of nitrogens with zero attached hydrogens (tertiary/aromatic N) is 3. The predicted molar refractivity (Wildman–Crippen MR) is 158 cm³/mol. The summed E-state index contributed by atoms with van der Waals surface area (Å²) in [5.74, 6) is -0.125. The molecule has 9 nitrogen and oxygen atoms in total. The van der Waals surface area contributed by atoms with Gasteiger partial charge in [-0.15, -0.1) is 21.5 Å². The van der Waals surface area contributed by atoms with Crippen molar-refractivity contribution in [3.8, 4) is 0 Å². The average molecular weight is 584 g/mol. The second kappa shape index (κ2) is 13.0. The molecule has 4 rings (SSSR count). The zero-order valence-corrected chi connectivity index (χ0v) is 25.4. The minimum Gasteiger partial charge on any atom is -0.462 e. The molecule has 2 aromatic heterocycles. The lowest BCUT2D eigenvalue weighted by Crippen LogP contribution is -2.24. The zero-order chi connectivity index (χ0) is 28.9.